The zero-order chi connectivity index (χ0) is 13.8. The van der Waals surface area contributed by atoms with Gasteiger partial charge < -0.3 is 14.8 Å². The van der Waals surface area contributed by atoms with Gasteiger partial charge in [0.25, 0.3) is 0 Å². The average molecular weight is 303 g/mol. The van der Waals surface area contributed by atoms with Crippen molar-refractivity contribution < 1.29 is 13.9 Å². The smallest absolute Gasteiger partial charge is 0.188 e. The molecule has 19 heavy (non-hydrogen) atoms. The third kappa shape index (κ3) is 3.27. The van der Waals surface area contributed by atoms with Crippen molar-refractivity contribution in [3.05, 3.63) is 33.5 Å². The monoisotopic (exact) mass is 302 g/mol. The van der Waals surface area contributed by atoms with Gasteiger partial charge in [0.1, 0.15) is 5.75 Å². The zero-order valence-electron chi connectivity index (χ0n) is 10.4. The number of thiazole rings is 1. The van der Waals surface area contributed by atoms with Gasteiger partial charge >= 0.3 is 0 Å². The molecule has 1 aromatic heterocycles. The van der Waals surface area contributed by atoms with Crippen molar-refractivity contribution in [3.63, 3.8) is 0 Å². The number of ether oxygens (including phenoxy) is 2. The molecule has 7 heteroatoms. The molecule has 0 unspecified atom stereocenters. The van der Waals surface area contributed by atoms with Gasteiger partial charge in [-0.2, -0.15) is 0 Å². The van der Waals surface area contributed by atoms with Crippen LogP contribution in [0.2, 0.25) is 4.47 Å². The Morgan fingerprint density at radius 2 is 2.16 bits per heavy atom. The van der Waals surface area contributed by atoms with E-state index in [0.717, 1.165) is 4.88 Å². The van der Waals surface area contributed by atoms with E-state index in [2.05, 4.69) is 10.3 Å². The molecular weight excluding hydrogens is 291 g/mol. The Bertz CT molecular complexity index is 577. The summed E-state index contributed by atoms with van der Waals surface area (Å²) in [5, 5.41) is 2.97. The molecule has 102 valence electrons. The maximum atomic E-state index is 14.0. The molecule has 0 amide bonds. The largest absolute Gasteiger partial charge is 0.497 e. The minimum atomic E-state index is -0.459. The van der Waals surface area contributed by atoms with E-state index in [1.807, 2.05) is 0 Å². The SMILES string of the molecule is COc1cc(NCc2cnc(Cl)s2)c(F)c(OC)c1. The van der Waals surface area contributed by atoms with E-state index in [1.54, 1.807) is 12.3 Å². The van der Waals surface area contributed by atoms with Crippen LogP contribution in [0.25, 0.3) is 0 Å². The second kappa shape index (κ2) is 6.08. The Hall–Kier alpha value is -1.53. The van der Waals surface area contributed by atoms with Crippen molar-refractivity contribution in [1.29, 1.82) is 0 Å². The first kappa shape index (κ1) is 13.9. The minimum absolute atomic E-state index is 0.129. The van der Waals surface area contributed by atoms with E-state index in [4.69, 9.17) is 21.1 Å². The van der Waals surface area contributed by atoms with Gasteiger partial charge in [-0.15, -0.1) is 11.3 Å². The molecule has 0 radical (unpaired) electrons. The number of hydrogen-bond donors (Lipinski definition) is 1. The van der Waals surface area contributed by atoms with E-state index >= 15 is 0 Å². The Kier molecular flexibility index (Phi) is 4.44. The molecule has 1 heterocycles. The molecule has 0 aliphatic rings. The number of rotatable bonds is 5. The summed E-state index contributed by atoms with van der Waals surface area (Å²) in [6, 6.07) is 3.06. The lowest BCUT2D eigenvalue weighted by Gasteiger charge is -2.11. The van der Waals surface area contributed by atoms with Crippen molar-refractivity contribution in [1.82, 2.24) is 4.98 Å². The van der Waals surface area contributed by atoms with Crippen molar-refractivity contribution >= 4 is 28.6 Å². The maximum Gasteiger partial charge on any atom is 0.188 e. The van der Waals surface area contributed by atoms with Gasteiger partial charge in [-0.1, -0.05) is 11.6 Å². The molecule has 0 fully saturated rings. The summed E-state index contributed by atoms with van der Waals surface area (Å²) in [6.07, 6.45) is 1.65. The lowest BCUT2D eigenvalue weighted by atomic mass is 10.2. The maximum absolute atomic E-state index is 14.0. The molecule has 0 bridgehead atoms. The zero-order valence-corrected chi connectivity index (χ0v) is 11.9. The summed E-state index contributed by atoms with van der Waals surface area (Å²) in [5.41, 5.74) is 0.306. The van der Waals surface area contributed by atoms with Crippen LogP contribution in [0.3, 0.4) is 0 Å². The average Bonchev–Trinajstić information content (AvgIpc) is 2.83. The molecule has 0 saturated heterocycles. The number of hydrogen-bond acceptors (Lipinski definition) is 5. The number of nitrogens with one attached hydrogen (secondary N) is 1. The predicted octanol–water partition coefficient (Wildman–Crippen LogP) is 3.56. The fourth-order valence-electron chi connectivity index (χ4n) is 1.52. The quantitative estimate of drug-likeness (QED) is 0.917. The highest BCUT2D eigenvalue weighted by molar-refractivity contribution is 7.15. The van der Waals surface area contributed by atoms with E-state index < -0.39 is 5.82 Å². The molecule has 0 atom stereocenters. The van der Waals surface area contributed by atoms with Gasteiger partial charge in [0, 0.05) is 23.2 Å². The van der Waals surface area contributed by atoms with E-state index in [-0.39, 0.29) is 5.75 Å². The summed E-state index contributed by atoms with van der Waals surface area (Å²) >= 11 is 7.07. The van der Waals surface area contributed by atoms with Gasteiger partial charge in [0.15, 0.2) is 16.0 Å². The van der Waals surface area contributed by atoms with Crippen LogP contribution >= 0.6 is 22.9 Å². The third-order valence-corrected chi connectivity index (χ3v) is 3.56. The first-order chi connectivity index (χ1) is 9.13. The van der Waals surface area contributed by atoms with Gasteiger partial charge in [-0.05, 0) is 0 Å². The Morgan fingerprint density at radius 1 is 1.37 bits per heavy atom. The van der Waals surface area contributed by atoms with Crippen LogP contribution in [0, 0.1) is 5.82 Å². The summed E-state index contributed by atoms with van der Waals surface area (Å²) in [7, 11) is 2.92. The van der Waals surface area contributed by atoms with Crippen molar-refractivity contribution in [2.24, 2.45) is 0 Å². The molecule has 0 spiro atoms. The Labute approximate surface area is 119 Å². The third-order valence-electron chi connectivity index (χ3n) is 2.45. The van der Waals surface area contributed by atoms with Crippen LogP contribution in [0.4, 0.5) is 10.1 Å². The van der Waals surface area contributed by atoms with Crippen molar-refractivity contribution in [2.75, 3.05) is 19.5 Å². The lowest BCUT2D eigenvalue weighted by Crippen LogP contribution is -2.02. The number of aromatic nitrogens is 1. The van der Waals surface area contributed by atoms with Crippen LogP contribution in [-0.2, 0) is 6.54 Å². The summed E-state index contributed by atoms with van der Waals surface area (Å²) in [4.78, 5) is 4.83. The van der Waals surface area contributed by atoms with Gasteiger partial charge in [0.05, 0.1) is 26.5 Å². The van der Waals surface area contributed by atoms with Gasteiger partial charge in [-0.3, -0.25) is 0 Å². The molecular formula is C12H12ClFN2O2S. The van der Waals surface area contributed by atoms with Crippen LogP contribution in [0.1, 0.15) is 4.88 Å². The molecule has 2 rings (SSSR count). The molecule has 0 saturated carbocycles. The molecule has 4 nitrogen and oxygen atoms in total. The second-order valence-electron chi connectivity index (χ2n) is 3.62. The molecule has 2 aromatic rings. The van der Waals surface area contributed by atoms with Crippen molar-refractivity contribution in [2.45, 2.75) is 6.54 Å². The first-order valence-electron chi connectivity index (χ1n) is 5.39. The Balaban J connectivity index is 2.19. The van der Waals surface area contributed by atoms with Crippen LogP contribution in [0.5, 0.6) is 11.5 Å². The molecule has 1 aromatic carbocycles. The second-order valence-corrected chi connectivity index (χ2v) is 5.32. The normalized spacial score (nSPS) is 10.3. The first-order valence-corrected chi connectivity index (χ1v) is 6.59. The van der Waals surface area contributed by atoms with Crippen LogP contribution in [-0.4, -0.2) is 19.2 Å². The fourth-order valence-corrected chi connectivity index (χ4v) is 2.43. The van der Waals surface area contributed by atoms with E-state index in [1.165, 1.54) is 31.6 Å². The highest BCUT2D eigenvalue weighted by Gasteiger charge is 2.12. The predicted molar refractivity (Wildman–Crippen MR) is 74.0 cm³/mol. The lowest BCUT2D eigenvalue weighted by molar-refractivity contribution is 0.375. The number of nitrogens with zero attached hydrogens (tertiary/aromatic N) is 1. The van der Waals surface area contributed by atoms with Crippen molar-refractivity contribution in [3.8, 4) is 11.5 Å². The minimum Gasteiger partial charge on any atom is -0.497 e. The highest BCUT2D eigenvalue weighted by Crippen LogP contribution is 2.31. The van der Waals surface area contributed by atoms with Crippen LogP contribution < -0.4 is 14.8 Å². The summed E-state index contributed by atoms with van der Waals surface area (Å²) in [6.45, 7) is 0.428. The number of anilines is 1. The number of benzene rings is 1. The standard InChI is InChI=1S/C12H12ClFN2O2S/c1-17-7-3-9(11(14)10(4-7)18-2)15-5-8-6-16-12(13)19-8/h3-4,6,15H,5H2,1-2H3. The molecule has 0 aliphatic carbocycles. The summed E-state index contributed by atoms with van der Waals surface area (Å²) in [5.74, 6) is 0.186. The molecule has 0 aliphatic heterocycles. The highest BCUT2D eigenvalue weighted by atomic mass is 35.5. The Morgan fingerprint density at radius 3 is 2.74 bits per heavy atom. The fraction of sp³-hybridized carbons (Fsp3) is 0.250. The number of halogens is 2. The molecule has 1 N–H and O–H groups in total. The van der Waals surface area contributed by atoms with E-state index in [9.17, 15) is 4.39 Å². The van der Waals surface area contributed by atoms with E-state index in [0.29, 0.717) is 22.4 Å². The topological polar surface area (TPSA) is 43.4 Å². The van der Waals surface area contributed by atoms with Gasteiger partial charge in [0.2, 0.25) is 0 Å². The number of methoxy groups -OCH3 is 2. The van der Waals surface area contributed by atoms with Crippen LogP contribution in [0.15, 0.2) is 18.3 Å². The summed E-state index contributed by atoms with van der Waals surface area (Å²) < 4.78 is 24.5. The van der Waals surface area contributed by atoms with Gasteiger partial charge in [-0.25, -0.2) is 9.37 Å².